The van der Waals surface area contributed by atoms with Crippen LogP contribution in [0.4, 0.5) is 5.69 Å². The van der Waals surface area contributed by atoms with E-state index >= 15 is 0 Å². The number of terminal acetylenes is 1. The van der Waals surface area contributed by atoms with Crippen LogP contribution in [0.15, 0.2) is 18.2 Å². The Kier molecular flexibility index (Phi) is 4.02. The van der Waals surface area contributed by atoms with Crippen LogP contribution in [-0.4, -0.2) is 19.5 Å². The number of amides is 1. The molecule has 0 saturated carbocycles. The maximum atomic E-state index is 11.3. The number of hydrogen-bond acceptors (Lipinski definition) is 2. The fraction of sp³-hybridized carbons (Fsp3) is 0.182. The van der Waals surface area contributed by atoms with Crippen molar-refractivity contribution in [3.8, 4) is 12.3 Å². The second kappa shape index (κ2) is 5.28. The minimum atomic E-state index is -0.166. The normalized spacial score (nSPS) is 9.13. The first-order valence-corrected chi connectivity index (χ1v) is 4.75. The Morgan fingerprint density at radius 2 is 2.33 bits per heavy atom. The van der Waals surface area contributed by atoms with Gasteiger partial charge < -0.3 is 10.6 Å². The quantitative estimate of drug-likeness (QED) is 0.765. The maximum Gasteiger partial charge on any atom is 0.251 e. The first-order chi connectivity index (χ1) is 7.19. The molecule has 0 heterocycles. The molecule has 0 aliphatic rings. The summed E-state index contributed by atoms with van der Waals surface area (Å²) in [7, 11) is 1.57. The largest absolute Gasteiger partial charge is 0.373 e. The van der Waals surface area contributed by atoms with Gasteiger partial charge in [-0.15, -0.1) is 6.42 Å². The van der Waals surface area contributed by atoms with E-state index in [1.807, 2.05) is 0 Å². The Hall–Kier alpha value is -1.66. The van der Waals surface area contributed by atoms with Crippen molar-refractivity contribution in [1.82, 2.24) is 5.32 Å². The number of halogens is 1. The highest BCUT2D eigenvalue weighted by atomic mass is 35.5. The standard InChI is InChI=1S/C11H11ClN2O/c1-3-6-14-10-5-4-8(7-9(10)12)11(15)13-2/h1,4-5,7,14H,6H2,2H3,(H,13,15). The number of anilines is 1. The van der Waals surface area contributed by atoms with Crippen LogP contribution in [0.5, 0.6) is 0 Å². The average molecular weight is 223 g/mol. The molecule has 15 heavy (non-hydrogen) atoms. The zero-order valence-electron chi connectivity index (χ0n) is 8.30. The van der Waals surface area contributed by atoms with Crippen LogP contribution in [-0.2, 0) is 0 Å². The highest BCUT2D eigenvalue weighted by Gasteiger charge is 2.06. The lowest BCUT2D eigenvalue weighted by molar-refractivity contribution is 0.0963. The van der Waals surface area contributed by atoms with Gasteiger partial charge in [0.05, 0.1) is 17.3 Å². The van der Waals surface area contributed by atoms with E-state index in [1.54, 1.807) is 25.2 Å². The molecule has 3 nitrogen and oxygen atoms in total. The van der Waals surface area contributed by atoms with E-state index < -0.39 is 0 Å². The summed E-state index contributed by atoms with van der Waals surface area (Å²) in [6.45, 7) is 0.402. The van der Waals surface area contributed by atoms with Gasteiger partial charge in [-0.3, -0.25) is 4.79 Å². The van der Waals surface area contributed by atoms with E-state index in [9.17, 15) is 4.79 Å². The number of hydrogen-bond donors (Lipinski definition) is 2. The zero-order chi connectivity index (χ0) is 11.3. The fourth-order valence-electron chi connectivity index (χ4n) is 1.09. The van der Waals surface area contributed by atoms with Gasteiger partial charge in [-0.05, 0) is 18.2 Å². The SMILES string of the molecule is C#CCNc1ccc(C(=O)NC)cc1Cl. The summed E-state index contributed by atoms with van der Waals surface area (Å²) in [5.74, 6) is 2.28. The summed E-state index contributed by atoms with van der Waals surface area (Å²) in [5, 5.41) is 5.95. The van der Waals surface area contributed by atoms with Crippen molar-refractivity contribution < 1.29 is 4.79 Å². The maximum absolute atomic E-state index is 11.3. The molecule has 0 aromatic heterocycles. The van der Waals surface area contributed by atoms with Crippen molar-refractivity contribution in [3.63, 3.8) is 0 Å². The Morgan fingerprint density at radius 1 is 1.60 bits per heavy atom. The first kappa shape index (κ1) is 11.4. The molecule has 0 aliphatic heterocycles. The smallest absolute Gasteiger partial charge is 0.251 e. The second-order valence-corrected chi connectivity index (χ2v) is 3.24. The van der Waals surface area contributed by atoms with Gasteiger partial charge in [-0.2, -0.15) is 0 Å². The minimum absolute atomic E-state index is 0.166. The van der Waals surface area contributed by atoms with E-state index in [2.05, 4.69) is 16.6 Å². The molecule has 0 radical (unpaired) electrons. The molecular formula is C11H11ClN2O. The first-order valence-electron chi connectivity index (χ1n) is 4.38. The third-order valence-corrected chi connectivity index (χ3v) is 2.15. The number of nitrogens with one attached hydrogen (secondary N) is 2. The molecule has 0 unspecified atom stereocenters. The molecule has 1 rings (SSSR count). The van der Waals surface area contributed by atoms with Crippen LogP contribution < -0.4 is 10.6 Å². The van der Waals surface area contributed by atoms with Crippen molar-refractivity contribution in [3.05, 3.63) is 28.8 Å². The number of carbonyl (C=O) groups is 1. The van der Waals surface area contributed by atoms with Crippen molar-refractivity contribution in [2.45, 2.75) is 0 Å². The zero-order valence-corrected chi connectivity index (χ0v) is 9.06. The fourth-order valence-corrected chi connectivity index (χ4v) is 1.34. The Morgan fingerprint density at radius 3 is 2.87 bits per heavy atom. The lowest BCUT2D eigenvalue weighted by Crippen LogP contribution is -2.17. The third kappa shape index (κ3) is 2.90. The molecule has 0 spiro atoms. The van der Waals surface area contributed by atoms with Crippen molar-refractivity contribution in [1.29, 1.82) is 0 Å². The van der Waals surface area contributed by atoms with Gasteiger partial charge >= 0.3 is 0 Å². The summed E-state index contributed by atoms with van der Waals surface area (Å²) in [4.78, 5) is 11.3. The predicted octanol–water partition coefficient (Wildman–Crippen LogP) is 1.74. The third-order valence-electron chi connectivity index (χ3n) is 1.84. The topological polar surface area (TPSA) is 41.1 Å². The van der Waals surface area contributed by atoms with Crippen molar-refractivity contribution in [2.24, 2.45) is 0 Å². The summed E-state index contributed by atoms with van der Waals surface area (Å²) < 4.78 is 0. The van der Waals surface area contributed by atoms with Gasteiger partial charge in [0, 0.05) is 12.6 Å². The van der Waals surface area contributed by atoms with Crippen LogP contribution in [0.2, 0.25) is 5.02 Å². The monoisotopic (exact) mass is 222 g/mol. The van der Waals surface area contributed by atoms with Crippen LogP contribution in [0.1, 0.15) is 10.4 Å². The van der Waals surface area contributed by atoms with Crippen LogP contribution in [0.25, 0.3) is 0 Å². The molecule has 0 aliphatic carbocycles. The van der Waals surface area contributed by atoms with Gasteiger partial charge in [0.1, 0.15) is 0 Å². The lowest BCUT2D eigenvalue weighted by atomic mass is 10.2. The van der Waals surface area contributed by atoms with E-state index in [-0.39, 0.29) is 5.91 Å². The summed E-state index contributed by atoms with van der Waals surface area (Å²) in [6, 6.07) is 5.01. The molecule has 1 amide bonds. The summed E-state index contributed by atoms with van der Waals surface area (Å²) >= 11 is 5.96. The molecule has 0 atom stereocenters. The number of carbonyl (C=O) groups excluding carboxylic acids is 1. The summed E-state index contributed by atoms with van der Waals surface area (Å²) in [5.41, 5.74) is 1.25. The second-order valence-electron chi connectivity index (χ2n) is 2.83. The van der Waals surface area contributed by atoms with Crippen LogP contribution >= 0.6 is 11.6 Å². The lowest BCUT2D eigenvalue weighted by Gasteiger charge is -2.06. The molecular weight excluding hydrogens is 212 g/mol. The molecule has 4 heteroatoms. The van der Waals surface area contributed by atoms with Crippen molar-refractivity contribution in [2.75, 3.05) is 18.9 Å². The predicted molar refractivity (Wildman–Crippen MR) is 62.2 cm³/mol. The average Bonchev–Trinajstić information content (AvgIpc) is 2.26. The molecule has 0 bridgehead atoms. The number of benzene rings is 1. The van der Waals surface area contributed by atoms with Gasteiger partial charge in [0.2, 0.25) is 0 Å². The highest BCUT2D eigenvalue weighted by Crippen LogP contribution is 2.22. The summed E-state index contributed by atoms with van der Waals surface area (Å²) in [6.07, 6.45) is 5.11. The van der Waals surface area contributed by atoms with Gasteiger partial charge in [0.15, 0.2) is 0 Å². The Bertz CT molecular complexity index is 410. The Labute approximate surface area is 93.8 Å². The minimum Gasteiger partial charge on any atom is -0.373 e. The van der Waals surface area contributed by atoms with E-state index in [0.29, 0.717) is 17.1 Å². The molecule has 2 N–H and O–H groups in total. The van der Waals surface area contributed by atoms with E-state index in [0.717, 1.165) is 5.69 Å². The van der Waals surface area contributed by atoms with E-state index in [4.69, 9.17) is 18.0 Å². The molecule has 0 fully saturated rings. The van der Waals surface area contributed by atoms with Crippen molar-refractivity contribution >= 4 is 23.2 Å². The van der Waals surface area contributed by atoms with E-state index in [1.165, 1.54) is 0 Å². The molecule has 1 aromatic rings. The highest BCUT2D eigenvalue weighted by molar-refractivity contribution is 6.33. The van der Waals surface area contributed by atoms with Gasteiger partial charge in [0.25, 0.3) is 5.91 Å². The van der Waals surface area contributed by atoms with Gasteiger partial charge in [-0.25, -0.2) is 0 Å². The molecule has 78 valence electrons. The number of rotatable bonds is 3. The van der Waals surface area contributed by atoms with Gasteiger partial charge in [-0.1, -0.05) is 17.5 Å². The molecule has 1 aromatic carbocycles. The molecule has 0 saturated heterocycles. The Balaban J connectivity index is 2.89. The van der Waals surface area contributed by atoms with Crippen LogP contribution in [0.3, 0.4) is 0 Å². The van der Waals surface area contributed by atoms with Crippen LogP contribution in [0, 0.1) is 12.3 Å².